The number of nitrogens with one attached hydrogen (secondary N) is 1. The van der Waals surface area contributed by atoms with Crippen LogP contribution in [-0.4, -0.2) is 17.6 Å². The Balaban J connectivity index is 2.09. The van der Waals surface area contributed by atoms with Crippen LogP contribution in [0.5, 0.6) is 0 Å². The number of carbonyl (C=O) groups excluding carboxylic acids is 1. The Morgan fingerprint density at radius 3 is 2.35 bits per heavy atom. The molecule has 0 saturated carbocycles. The van der Waals surface area contributed by atoms with Crippen LogP contribution in [0.25, 0.3) is 6.08 Å². The first-order valence-corrected chi connectivity index (χ1v) is 7.20. The van der Waals surface area contributed by atoms with Crippen molar-refractivity contribution < 1.29 is 18.7 Å². The molecular formula is C18H17F2NO2. The van der Waals surface area contributed by atoms with Crippen molar-refractivity contribution in [3.05, 3.63) is 77.4 Å². The van der Waals surface area contributed by atoms with E-state index in [0.717, 1.165) is 29.8 Å². The third-order valence-corrected chi connectivity index (χ3v) is 3.34. The number of hydrogen-bond donors (Lipinski definition) is 2. The van der Waals surface area contributed by atoms with Crippen LogP contribution in [0, 0.1) is 11.6 Å². The first-order chi connectivity index (χ1) is 11.1. The average molecular weight is 317 g/mol. The Labute approximate surface area is 133 Å². The van der Waals surface area contributed by atoms with E-state index in [4.69, 9.17) is 5.11 Å². The zero-order chi connectivity index (χ0) is 16.7. The van der Waals surface area contributed by atoms with Crippen LogP contribution >= 0.6 is 0 Å². The lowest BCUT2D eigenvalue weighted by Crippen LogP contribution is -2.27. The fraction of sp³-hybridized carbons (Fsp3) is 0.167. The van der Waals surface area contributed by atoms with E-state index in [1.165, 1.54) is 6.07 Å². The minimum Gasteiger partial charge on any atom is -0.396 e. The van der Waals surface area contributed by atoms with Gasteiger partial charge in [0, 0.05) is 18.2 Å². The monoisotopic (exact) mass is 317 g/mol. The van der Waals surface area contributed by atoms with Gasteiger partial charge in [-0.1, -0.05) is 36.4 Å². The molecule has 0 radical (unpaired) electrons. The second-order valence-electron chi connectivity index (χ2n) is 4.95. The highest BCUT2D eigenvalue weighted by molar-refractivity contribution is 5.92. The van der Waals surface area contributed by atoms with Gasteiger partial charge in [0.1, 0.15) is 11.6 Å². The molecule has 120 valence electrons. The maximum atomic E-state index is 13.5. The second kappa shape index (κ2) is 8.19. The van der Waals surface area contributed by atoms with Gasteiger partial charge in [0.25, 0.3) is 0 Å². The van der Waals surface area contributed by atoms with Crippen LogP contribution in [0.15, 0.2) is 54.6 Å². The quantitative estimate of drug-likeness (QED) is 0.804. The molecule has 1 amide bonds. The molecule has 2 aromatic rings. The third kappa shape index (κ3) is 4.72. The topological polar surface area (TPSA) is 49.3 Å². The number of hydrogen-bond acceptors (Lipinski definition) is 2. The van der Waals surface area contributed by atoms with Gasteiger partial charge < -0.3 is 10.4 Å². The van der Waals surface area contributed by atoms with Crippen molar-refractivity contribution in [2.24, 2.45) is 0 Å². The summed E-state index contributed by atoms with van der Waals surface area (Å²) in [6, 6.07) is 12.3. The summed E-state index contributed by atoms with van der Waals surface area (Å²) >= 11 is 0. The molecule has 1 unspecified atom stereocenters. The first kappa shape index (κ1) is 16.8. The number of amides is 1. The average Bonchev–Trinajstić information content (AvgIpc) is 2.55. The second-order valence-corrected chi connectivity index (χ2v) is 4.95. The molecule has 0 aliphatic heterocycles. The fourth-order valence-electron chi connectivity index (χ4n) is 2.19. The number of benzene rings is 2. The number of halogens is 2. The van der Waals surface area contributed by atoms with Gasteiger partial charge in [-0.3, -0.25) is 4.79 Å². The largest absolute Gasteiger partial charge is 0.396 e. The predicted octanol–water partition coefficient (Wildman–Crippen LogP) is 3.22. The summed E-state index contributed by atoms with van der Waals surface area (Å²) in [7, 11) is 0. The Morgan fingerprint density at radius 1 is 1.09 bits per heavy atom. The molecular weight excluding hydrogens is 300 g/mol. The summed E-state index contributed by atoms with van der Waals surface area (Å²) in [6.07, 6.45) is 2.52. The molecule has 0 aromatic heterocycles. The molecule has 2 aromatic carbocycles. The van der Waals surface area contributed by atoms with Crippen LogP contribution in [0.3, 0.4) is 0 Å². The van der Waals surface area contributed by atoms with E-state index in [-0.39, 0.29) is 18.2 Å². The summed E-state index contributed by atoms with van der Waals surface area (Å²) in [5.41, 5.74) is 0.585. The zero-order valence-electron chi connectivity index (χ0n) is 12.4. The van der Waals surface area contributed by atoms with Crippen molar-refractivity contribution in [3.63, 3.8) is 0 Å². The van der Waals surface area contributed by atoms with E-state index in [9.17, 15) is 13.6 Å². The smallest absolute Gasteiger partial charge is 0.244 e. The standard InChI is InChI=1S/C18H17F2NO2/c19-15-7-4-8-16(20)14(15)9-10-18(23)21-17(11-12-22)13-5-2-1-3-6-13/h1-10,17,22H,11-12H2,(H,21,23)/b10-9+. The Morgan fingerprint density at radius 2 is 1.74 bits per heavy atom. The lowest BCUT2D eigenvalue weighted by atomic mass is 10.0. The molecule has 2 rings (SSSR count). The van der Waals surface area contributed by atoms with E-state index in [0.29, 0.717) is 6.42 Å². The van der Waals surface area contributed by atoms with Crippen molar-refractivity contribution in [3.8, 4) is 0 Å². The highest BCUT2D eigenvalue weighted by Gasteiger charge is 2.12. The van der Waals surface area contributed by atoms with Crippen molar-refractivity contribution in [2.45, 2.75) is 12.5 Å². The molecule has 2 N–H and O–H groups in total. The Hall–Kier alpha value is -2.53. The summed E-state index contributed by atoms with van der Waals surface area (Å²) in [4.78, 5) is 12.0. The molecule has 0 spiro atoms. The number of carbonyl (C=O) groups is 1. The summed E-state index contributed by atoms with van der Waals surface area (Å²) in [5, 5.41) is 11.8. The van der Waals surface area contributed by atoms with Crippen molar-refractivity contribution >= 4 is 12.0 Å². The number of aliphatic hydroxyl groups is 1. The number of rotatable bonds is 6. The molecule has 0 bridgehead atoms. The van der Waals surface area contributed by atoms with Crippen LogP contribution in [0.2, 0.25) is 0 Å². The lowest BCUT2D eigenvalue weighted by Gasteiger charge is -2.17. The van der Waals surface area contributed by atoms with E-state index in [1.54, 1.807) is 0 Å². The Kier molecular flexibility index (Phi) is 6.00. The summed E-state index contributed by atoms with van der Waals surface area (Å²) < 4.78 is 27.0. The van der Waals surface area contributed by atoms with E-state index in [1.807, 2.05) is 30.3 Å². The normalized spacial score (nSPS) is 12.3. The van der Waals surface area contributed by atoms with Gasteiger partial charge >= 0.3 is 0 Å². The maximum absolute atomic E-state index is 13.5. The molecule has 0 fully saturated rings. The SMILES string of the molecule is O=C(/C=C/c1c(F)cccc1F)NC(CCO)c1ccccc1. The highest BCUT2D eigenvalue weighted by Crippen LogP contribution is 2.17. The van der Waals surface area contributed by atoms with E-state index >= 15 is 0 Å². The highest BCUT2D eigenvalue weighted by atomic mass is 19.1. The van der Waals surface area contributed by atoms with Crippen LogP contribution in [-0.2, 0) is 4.79 Å². The van der Waals surface area contributed by atoms with Gasteiger partial charge in [0.15, 0.2) is 0 Å². The van der Waals surface area contributed by atoms with E-state index in [2.05, 4.69) is 5.32 Å². The number of aliphatic hydroxyl groups excluding tert-OH is 1. The summed E-state index contributed by atoms with van der Waals surface area (Å²) in [6.45, 7) is -0.0918. The van der Waals surface area contributed by atoms with Crippen molar-refractivity contribution in [2.75, 3.05) is 6.61 Å². The van der Waals surface area contributed by atoms with Crippen molar-refractivity contribution in [1.29, 1.82) is 0 Å². The van der Waals surface area contributed by atoms with Gasteiger partial charge in [-0.15, -0.1) is 0 Å². The van der Waals surface area contributed by atoms with Gasteiger partial charge in [0.2, 0.25) is 5.91 Å². The van der Waals surface area contributed by atoms with Gasteiger partial charge in [0.05, 0.1) is 6.04 Å². The minimum absolute atomic E-state index is 0.0918. The molecule has 0 aliphatic carbocycles. The zero-order valence-corrected chi connectivity index (χ0v) is 12.4. The molecule has 0 aliphatic rings. The van der Waals surface area contributed by atoms with E-state index < -0.39 is 17.5 Å². The predicted molar refractivity (Wildman–Crippen MR) is 84.4 cm³/mol. The van der Waals surface area contributed by atoms with Gasteiger partial charge in [-0.25, -0.2) is 8.78 Å². The molecule has 1 atom stereocenters. The molecule has 3 nitrogen and oxygen atoms in total. The summed E-state index contributed by atoms with van der Waals surface area (Å²) in [5.74, 6) is -1.96. The molecule has 0 heterocycles. The molecule has 0 saturated heterocycles. The lowest BCUT2D eigenvalue weighted by molar-refractivity contribution is -0.117. The van der Waals surface area contributed by atoms with Crippen molar-refractivity contribution in [1.82, 2.24) is 5.32 Å². The first-order valence-electron chi connectivity index (χ1n) is 7.20. The van der Waals surface area contributed by atoms with Crippen LogP contribution in [0.1, 0.15) is 23.6 Å². The van der Waals surface area contributed by atoms with Gasteiger partial charge in [-0.2, -0.15) is 0 Å². The van der Waals surface area contributed by atoms with Crippen LogP contribution < -0.4 is 5.32 Å². The Bertz CT molecular complexity index is 666. The molecule has 5 heteroatoms. The third-order valence-electron chi connectivity index (χ3n) is 3.34. The maximum Gasteiger partial charge on any atom is 0.244 e. The fourth-order valence-corrected chi connectivity index (χ4v) is 2.19. The van der Waals surface area contributed by atoms with Crippen LogP contribution in [0.4, 0.5) is 8.78 Å². The van der Waals surface area contributed by atoms with Gasteiger partial charge in [-0.05, 0) is 30.2 Å². The molecule has 23 heavy (non-hydrogen) atoms. The minimum atomic E-state index is -0.732.